The molecule has 0 N–H and O–H groups in total. The summed E-state index contributed by atoms with van der Waals surface area (Å²) >= 11 is 4.61. The van der Waals surface area contributed by atoms with Gasteiger partial charge in [0.1, 0.15) is 0 Å². The van der Waals surface area contributed by atoms with E-state index in [0.29, 0.717) is 0 Å². The van der Waals surface area contributed by atoms with Crippen LogP contribution >= 0.6 is 35.3 Å². The average Bonchev–Trinajstić information content (AvgIpc) is 2.16. The molecule has 14 heavy (non-hydrogen) atoms. The van der Waals surface area contributed by atoms with Crippen molar-refractivity contribution in [1.29, 1.82) is 0 Å². The second-order valence-corrected chi connectivity index (χ2v) is 23.9. The summed E-state index contributed by atoms with van der Waals surface area (Å²) in [6, 6.07) is 0. The number of hydrogen-bond donors (Lipinski definition) is 0. The molecule has 0 spiro atoms. The molecule has 0 aliphatic carbocycles. The normalized spacial score (nSPS) is 12.0. The van der Waals surface area contributed by atoms with Gasteiger partial charge in [-0.3, -0.25) is 0 Å². The molecule has 0 radical (unpaired) electrons. The van der Waals surface area contributed by atoms with Gasteiger partial charge in [-0.2, -0.15) is 0 Å². The van der Waals surface area contributed by atoms with E-state index in [1.165, 1.54) is 24.1 Å². The summed E-state index contributed by atoms with van der Waals surface area (Å²) in [4.78, 5) is 0. The number of rotatable bonds is 9. The molecule has 0 rings (SSSR count). The number of thioether (sulfide) groups is 3. The summed E-state index contributed by atoms with van der Waals surface area (Å²) in [5.41, 5.74) is 0. The first-order valence-electron chi connectivity index (χ1n) is 5.21. The Bertz CT molecular complexity index is 114. The second kappa shape index (κ2) is 10.0. The predicted molar refractivity (Wildman–Crippen MR) is 80.6 cm³/mol. The summed E-state index contributed by atoms with van der Waals surface area (Å²) in [5.74, 6) is 0. The van der Waals surface area contributed by atoms with Crippen molar-refractivity contribution in [2.45, 2.75) is 24.2 Å². The maximum absolute atomic E-state index is 2.33. The molecular weight excluding hydrogens is 335 g/mol. The van der Waals surface area contributed by atoms with Crippen LogP contribution in [0.1, 0.15) is 19.8 Å². The summed E-state index contributed by atoms with van der Waals surface area (Å²) < 4.78 is 6.23. The van der Waals surface area contributed by atoms with Crippen LogP contribution in [-0.4, -0.2) is 48.5 Å². The van der Waals surface area contributed by atoms with Crippen molar-refractivity contribution in [3.05, 3.63) is 0 Å². The van der Waals surface area contributed by atoms with Crippen molar-refractivity contribution < 1.29 is 0 Å². The average molecular weight is 359 g/mol. The summed E-state index contributed by atoms with van der Waals surface area (Å²) in [7, 11) is 0. The maximum atomic E-state index is 2.33. The first-order valence-corrected chi connectivity index (χ1v) is 17.5. The Labute approximate surface area is 107 Å². The van der Waals surface area contributed by atoms with Crippen LogP contribution < -0.4 is 0 Å². The molecule has 0 saturated carbocycles. The summed E-state index contributed by atoms with van der Waals surface area (Å²) in [6.45, 7) is 2.33. The van der Waals surface area contributed by atoms with Crippen LogP contribution in [0.15, 0.2) is 0 Å². The van der Waals surface area contributed by atoms with E-state index >= 15 is 0 Å². The minimum absolute atomic E-state index is 1.38. The third kappa shape index (κ3) is 6.44. The first kappa shape index (κ1) is 15.8. The second-order valence-electron chi connectivity index (χ2n) is 3.90. The van der Waals surface area contributed by atoms with Crippen LogP contribution in [-0.2, 0) is 0 Å². The molecule has 0 amide bonds. The standard InChI is InChI=1S/C4H9.3C2H5S.Sn/c1-3-4-2;3*1-3-2;/h1,3-4H2,2H3;3*1H2,2H3;. The Morgan fingerprint density at radius 2 is 1.29 bits per heavy atom. The Morgan fingerprint density at radius 1 is 0.857 bits per heavy atom. The fraction of sp³-hybridized carbons (Fsp3) is 1.00. The third-order valence-corrected chi connectivity index (χ3v) is 32.3. The molecule has 0 aliphatic rings. The van der Waals surface area contributed by atoms with Crippen LogP contribution in [0.3, 0.4) is 0 Å². The minimum atomic E-state index is -1.71. The number of unbranched alkanes of at least 4 members (excludes halogenated alkanes) is 1. The summed E-state index contributed by atoms with van der Waals surface area (Å²) in [6.07, 6.45) is 9.74. The molecule has 0 atom stereocenters. The molecule has 0 unspecified atom stereocenters. The quantitative estimate of drug-likeness (QED) is 0.573. The Balaban J connectivity index is 4.21. The SMILES string of the molecule is CCC[CH2][Sn]([CH2]SC)([CH2]SC)[CH2]SC. The van der Waals surface area contributed by atoms with Crippen molar-refractivity contribution in [1.82, 2.24) is 0 Å². The molecule has 0 fully saturated rings. The van der Waals surface area contributed by atoms with Crippen molar-refractivity contribution >= 4 is 53.7 Å². The predicted octanol–water partition coefficient (Wildman–Crippen LogP) is 3.94. The van der Waals surface area contributed by atoms with Crippen LogP contribution in [0.2, 0.25) is 4.44 Å². The van der Waals surface area contributed by atoms with E-state index < -0.39 is 18.4 Å². The Hall–Kier alpha value is 1.85. The number of hydrogen-bond acceptors (Lipinski definition) is 3. The van der Waals surface area contributed by atoms with Crippen LogP contribution in [0.4, 0.5) is 0 Å². The zero-order valence-electron chi connectivity index (χ0n) is 9.97. The Morgan fingerprint density at radius 3 is 1.57 bits per heavy atom. The fourth-order valence-corrected chi connectivity index (χ4v) is 34.1. The van der Waals surface area contributed by atoms with E-state index in [1.807, 2.05) is 0 Å². The van der Waals surface area contributed by atoms with E-state index in [1.54, 1.807) is 4.44 Å². The van der Waals surface area contributed by atoms with Gasteiger partial charge >= 0.3 is 108 Å². The zero-order valence-corrected chi connectivity index (χ0v) is 15.3. The van der Waals surface area contributed by atoms with Gasteiger partial charge in [-0.05, 0) is 0 Å². The fourth-order valence-electron chi connectivity index (χ4n) is 1.81. The van der Waals surface area contributed by atoms with Gasteiger partial charge in [-0.25, -0.2) is 0 Å². The monoisotopic (exact) mass is 360 g/mol. The van der Waals surface area contributed by atoms with Crippen molar-refractivity contribution in [3.8, 4) is 0 Å². The molecule has 0 nitrogen and oxygen atoms in total. The van der Waals surface area contributed by atoms with Crippen LogP contribution in [0.25, 0.3) is 0 Å². The van der Waals surface area contributed by atoms with Crippen molar-refractivity contribution in [3.63, 3.8) is 0 Å². The summed E-state index contributed by atoms with van der Waals surface area (Å²) in [5, 5.41) is 0. The Kier molecular flexibility index (Phi) is 11.4. The molecule has 0 aromatic rings. The van der Waals surface area contributed by atoms with Gasteiger partial charge in [0.2, 0.25) is 0 Å². The van der Waals surface area contributed by atoms with Crippen LogP contribution in [0, 0.1) is 0 Å². The molecule has 86 valence electrons. The molecule has 0 bridgehead atoms. The van der Waals surface area contributed by atoms with Crippen LogP contribution in [0.5, 0.6) is 0 Å². The van der Waals surface area contributed by atoms with Gasteiger partial charge in [-0.15, -0.1) is 0 Å². The van der Waals surface area contributed by atoms with Gasteiger partial charge < -0.3 is 0 Å². The third-order valence-electron chi connectivity index (χ3n) is 2.41. The van der Waals surface area contributed by atoms with Gasteiger partial charge in [0.05, 0.1) is 0 Å². The first-order chi connectivity index (χ1) is 6.74. The van der Waals surface area contributed by atoms with Gasteiger partial charge in [0.25, 0.3) is 0 Å². The van der Waals surface area contributed by atoms with E-state index in [4.69, 9.17) is 0 Å². The van der Waals surface area contributed by atoms with Crippen molar-refractivity contribution in [2.75, 3.05) is 30.1 Å². The molecule has 0 aromatic heterocycles. The molecule has 0 saturated heterocycles. The van der Waals surface area contributed by atoms with Gasteiger partial charge in [0, 0.05) is 0 Å². The van der Waals surface area contributed by atoms with E-state index in [9.17, 15) is 0 Å². The van der Waals surface area contributed by atoms with E-state index in [-0.39, 0.29) is 0 Å². The zero-order chi connectivity index (χ0) is 10.9. The van der Waals surface area contributed by atoms with E-state index in [0.717, 1.165) is 0 Å². The molecular formula is C10H24S3Sn. The van der Waals surface area contributed by atoms with E-state index in [2.05, 4.69) is 61.0 Å². The van der Waals surface area contributed by atoms with Gasteiger partial charge in [0.15, 0.2) is 0 Å². The van der Waals surface area contributed by atoms with Crippen molar-refractivity contribution in [2.24, 2.45) is 0 Å². The molecule has 0 aromatic carbocycles. The molecule has 4 heteroatoms. The molecule has 0 heterocycles. The molecule has 0 aliphatic heterocycles. The van der Waals surface area contributed by atoms with Gasteiger partial charge in [-0.1, -0.05) is 0 Å². The topological polar surface area (TPSA) is 0 Å².